The van der Waals surface area contributed by atoms with Gasteiger partial charge in [0.2, 0.25) is 0 Å². The largest absolute Gasteiger partial charge is 0.393 e. The summed E-state index contributed by atoms with van der Waals surface area (Å²) in [6, 6.07) is 0. The number of unbranched alkanes of at least 4 members (excludes halogenated alkanes) is 1. The molecule has 1 aliphatic rings. The minimum Gasteiger partial charge on any atom is -0.393 e. The molecule has 0 amide bonds. The van der Waals surface area contributed by atoms with E-state index in [1.165, 1.54) is 7.11 Å². The van der Waals surface area contributed by atoms with Crippen molar-refractivity contribution >= 4 is 0 Å². The standard InChI is InChI=1S/C27H58N4O8.2CH4/c1-6-25(2,18-32)39-26(3,17-31-16-10-15-30-13-8-7-12-29-14-9-11-28)19-37-24-22(34)21(33)23(35)27(4,38-24)20-36-5;;/h21-24,29-35H,6-20,28H2,1-5H3;2*1H4/t21-,22?,23-,24+,25?,26?,27?;;/m1../s1. The molecule has 41 heavy (non-hydrogen) atoms. The molecule has 1 heterocycles. The normalized spacial score (nSPS) is 27.4. The van der Waals surface area contributed by atoms with Gasteiger partial charge in [-0.1, -0.05) is 21.8 Å². The van der Waals surface area contributed by atoms with Gasteiger partial charge in [0.15, 0.2) is 6.29 Å². The molecule has 7 atom stereocenters. The zero-order chi connectivity index (χ0) is 29.4. The number of aliphatic hydroxyl groups is 4. The first-order chi connectivity index (χ1) is 18.5. The number of hydrogen-bond donors (Lipinski definition) is 8. The molecular weight excluding hydrogens is 532 g/mol. The maximum absolute atomic E-state index is 10.5. The van der Waals surface area contributed by atoms with Crippen molar-refractivity contribution in [1.82, 2.24) is 16.0 Å². The van der Waals surface area contributed by atoms with Gasteiger partial charge >= 0.3 is 0 Å². The molecule has 0 bridgehead atoms. The van der Waals surface area contributed by atoms with Crippen LogP contribution in [0.5, 0.6) is 0 Å². The smallest absolute Gasteiger partial charge is 0.187 e. The van der Waals surface area contributed by atoms with Gasteiger partial charge in [0, 0.05) is 13.7 Å². The van der Waals surface area contributed by atoms with E-state index >= 15 is 0 Å². The highest BCUT2D eigenvalue weighted by molar-refractivity contribution is 4.98. The van der Waals surface area contributed by atoms with Gasteiger partial charge in [-0.2, -0.15) is 0 Å². The van der Waals surface area contributed by atoms with Crippen LogP contribution in [0.1, 0.15) is 74.7 Å². The fraction of sp³-hybridized carbons (Fsp3) is 1.00. The zero-order valence-electron chi connectivity index (χ0n) is 24.9. The molecule has 9 N–H and O–H groups in total. The van der Waals surface area contributed by atoms with E-state index in [1.54, 1.807) is 6.92 Å². The number of methoxy groups -OCH3 is 1. The molecule has 0 spiro atoms. The van der Waals surface area contributed by atoms with E-state index in [0.717, 1.165) is 65.0 Å². The molecule has 1 saturated heterocycles. The quantitative estimate of drug-likeness (QED) is 0.0757. The van der Waals surface area contributed by atoms with Gasteiger partial charge in [-0.25, -0.2) is 0 Å². The summed E-state index contributed by atoms with van der Waals surface area (Å²) in [6.07, 6.45) is -0.686. The number of hydrogen-bond acceptors (Lipinski definition) is 12. The Labute approximate surface area is 250 Å². The second-order valence-electron chi connectivity index (χ2n) is 11.4. The third kappa shape index (κ3) is 15.2. The highest BCUT2D eigenvalue weighted by Crippen LogP contribution is 2.32. The Bertz CT molecular complexity index is 634. The van der Waals surface area contributed by atoms with Gasteiger partial charge in [-0.3, -0.25) is 0 Å². The lowest BCUT2D eigenvalue weighted by molar-refractivity contribution is -0.342. The fourth-order valence-corrected chi connectivity index (χ4v) is 4.51. The van der Waals surface area contributed by atoms with Crippen LogP contribution in [0.25, 0.3) is 0 Å². The number of rotatable bonds is 23. The lowest BCUT2D eigenvalue weighted by Gasteiger charge is -2.47. The number of ether oxygens (including phenoxy) is 4. The van der Waals surface area contributed by atoms with Crippen molar-refractivity contribution < 1.29 is 39.4 Å². The lowest BCUT2D eigenvalue weighted by atomic mass is 9.89. The van der Waals surface area contributed by atoms with E-state index in [-0.39, 0.29) is 34.7 Å². The van der Waals surface area contributed by atoms with Crippen molar-refractivity contribution in [3.8, 4) is 0 Å². The highest BCUT2D eigenvalue weighted by Gasteiger charge is 2.52. The van der Waals surface area contributed by atoms with Gasteiger partial charge in [0.05, 0.1) is 25.4 Å². The Morgan fingerprint density at radius 2 is 1.44 bits per heavy atom. The molecule has 250 valence electrons. The molecule has 0 aromatic heterocycles. The second-order valence-corrected chi connectivity index (χ2v) is 11.4. The molecule has 4 unspecified atom stereocenters. The number of aliphatic hydroxyl groups excluding tert-OH is 4. The molecular formula is C29H66N4O8. The van der Waals surface area contributed by atoms with Crippen molar-refractivity contribution in [3.63, 3.8) is 0 Å². The van der Waals surface area contributed by atoms with Crippen LogP contribution in [0.15, 0.2) is 0 Å². The first-order valence-corrected chi connectivity index (χ1v) is 14.5. The van der Waals surface area contributed by atoms with E-state index in [9.17, 15) is 20.4 Å². The van der Waals surface area contributed by atoms with E-state index in [0.29, 0.717) is 13.0 Å². The van der Waals surface area contributed by atoms with Crippen molar-refractivity contribution in [2.45, 2.75) is 116 Å². The SMILES string of the molecule is C.C.CCC(C)(CO)OC(C)(CNCCCNCCCCNCCCN)CO[C@H]1OC(C)(COC)[C@H](O)[C@H](O)C1O. The molecule has 12 heteroatoms. The topological polar surface area (TPSA) is 180 Å². The molecule has 0 aromatic carbocycles. The summed E-state index contributed by atoms with van der Waals surface area (Å²) in [7, 11) is 1.46. The van der Waals surface area contributed by atoms with E-state index in [4.69, 9.17) is 24.7 Å². The third-order valence-electron chi connectivity index (χ3n) is 7.24. The maximum Gasteiger partial charge on any atom is 0.187 e. The average molecular weight is 599 g/mol. The Morgan fingerprint density at radius 3 is 1.98 bits per heavy atom. The monoisotopic (exact) mass is 598 g/mol. The summed E-state index contributed by atoms with van der Waals surface area (Å²) >= 11 is 0. The molecule has 0 aliphatic carbocycles. The zero-order valence-corrected chi connectivity index (χ0v) is 24.9. The van der Waals surface area contributed by atoms with Crippen LogP contribution >= 0.6 is 0 Å². The molecule has 0 aromatic rings. The van der Waals surface area contributed by atoms with Crippen molar-refractivity contribution in [3.05, 3.63) is 0 Å². The van der Waals surface area contributed by atoms with Crippen LogP contribution < -0.4 is 21.7 Å². The minimum atomic E-state index is -1.47. The van der Waals surface area contributed by atoms with Crippen molar-refractivity contribution in [2.75, 3.05) is 72.7 Å². The lowest BCUT2D eigenvalue weighted by Crippen LogP contribution is -2.65. The number of nitrogens with one attached hydrogen (secondary N) is 3. The Morgan fingerprint density at radius 1 is 0.878 bits per heavy atom. The molecule has 0 saturated carbocycles. The molecule has 12 nitrogen and oxygen atoms in total. The first kappa shape index (κ1) is 42.7. The van der Waals surface area contributed by atoms with E-state index in [2.05, 4.69) is 16.0 Å². The Hall–Kier alpha value is -0.480. The molecule has 1 rings (SSSR count). The second kappa shape index (κ2) is 22.1. The summed E-state index contributed by atoms with van der Waals surface area (Å²) < 4.78 is 23.3. The molecule has 1 fully saturated rings. The van der Waals surface area contributed by atoms with Gasteiger partial charge < -0.3 is 61.1 Å². The summed E-state index contributed by atoms with van der Waals surface area (Å²) in [5.41, 5.74) is 2.57. The third-order valence-corrected chi connectivity index (χ3v) is 7.24. The Kier molecular flexibility index (Phi) is 23.0. The summed E-state index contributed by atoms with van der Waals surface area (Å²) in [5.74, 6) is 0. The highest BCUT2D eigenvalue weighted by atomic mass is 16.7. The van der Waals surface area contributed by atoms with Crippen LogP contribution in [-0.4, -0.2) is 135 Å². The number of nitrogens with two attached hydrogens (primary N) is 1. The van der Waals surface area contributed by atoms with Crippen molar-refractivity contribution in [1.29, 1.82) is 0 Å². The average Bonchev–Trinajstić information content (AvgIpc) is 2.91. The summed E-state index contributed by atoms with van der Waals surface area (Å²) in [4.78, 5) is 0. The van der Waals surface area contributed by atoms with Gasteiger partial charge in [0.25, 0.3) is 0 Å². The first-order valence-electron chi connectivity index (χ1n) is 14.5. The minimum absolute atomic E-state index is 0. The van der Waals surface area contributed by atoms with Crippen LogP contribution in [0.3, 0.4) is 0 Å². The summed E-state index contributed by atoms with van der Waals surface area (Å²) in [5, 5.41) is 51.5. The van der Waals surface area contributed by atoms with Crippen LogP contribution in [-0.2, 0) is 18.9 Å². The van der Waals surface area contributed by atoms with Crippen LogP contribution in [0.4, 0.5) is 0 Å². The van der Waals surface area contributed by atoms with Crippen LogP contribution in [0.2, 0.25) is 0 Å². The molecule has 1 aliphatic heterocycles. The van der Waals surface area contributed by atoms with Crippen LogP contribution in [0, 0.1) is 0 Å². The maximum atomic E-state index is 10.5. The molecule has 0 radical (unpaired) electrons. The summed E-state index contributed by atoms with van der Waals surface area (Å²) in [6.45, 7) is 12.9. The van der Waals surface area contributed by atoms with Gasteiger partial charge in [-0.05, 0) is 92.1 Å². The van der Waals surface area contributed by atoms with E-state index < -0.39 is 41.4 Å². The fourth-order valence-electron chi connectivity index (χ4n) is 4.51. The Balaban J connectivity index is 0. The predicted molar refractivity (Wildman–Crippen MR) is 164 cm³/mol. The van der Waals surface area contributed by atoms with Gasteiger partial charge in [-0.15, -0.1) is 0 Å². The van der Waals surface area contributed by atoms with Gasteiger partial charge in [0.1, 0.15) is 29.5 Å². The predicted octanol–water partition coefficient (Wildman–Crippen LogP) is 0.344. The van der Waals surface area contributed by atoms with E-state index in [1.807, 2.05) is 20.8 Å². The van der Waals surface area contributed by atoms with Crippen molar-refractivity contribution in [2.24, 2.45) is 5.73 Å².